The smallest absolute Gasteiger partial charge is 0.143 e. The van der Waals surface area contributed by atoms with Gasteiger partial charge in [-0.05, 0) is 35.9 Å². The van der Waals surface area contributed by atoms with Crippen LogP contribution >= 0.6 is 0 Å². The third-order valence-electron chi connectivity index (χ3n) is 6.71. The number of rotatable bonds is 1. The Balaban J connectivity index is 1.58. The summed E-state index contributed by atoms with van der Waals surface area (Å²) in [5, 5.41) is 7.13. The first-order valence-electron chi connectivity index (χ1n) is 10.7. The van der Waals surface area contributed by atoms with Crippen LogP contribution in [0, 0.1) is 0 Å². The molecular weight excluding hydrogens is 394 g/mol. The standard InChI is InChI=1S/C28H15N3O/c1-2-7-26-20(4-1)21-6-3-5-17(28(21)32-26)16-12-22-18-8-10-29-14-24(18)31-25-15-30-11-9-19(25)23(13-16)27(22)31/h1-15H. The van der Waals surface area contributed by atoms with E-state index >= 15 is 0 Å². The topological polar surface area (TPSA) is 43.3 Å². The van der Waals surface area contributed by atoms with Crippen LogP contribution in [-0.4, -0.2) is 14.4 Å². The molecule has 3 aromatic carbocycles. The number of fused-ring (bicyclic) bond motifs is 9. The van der Waals surface area contributed by atoms with Gasteiger partial charge in [-0.3, -0.25) is 9.97 Å². The SMILES string of the molecule is c1ccc2c(c1)oc1c(-c3cc4c5ccncc5n5c6cnccc6c(c3)c45)cccc12. The molecule has 148 valence electrons. The summed E-state index contributed by atoms with van der Waals surface area (Å²) < 4.78 is 8.64. The minimum atomic E-state index is 0.916. The second-order valence-corrected chi connectivity index (χ2v) is 8.32. The molecule has 0 aliphatic carbocycles. The maximum atomic E-state index is 6.35. The van der Waals surface area contributed by atoms with Gasteiger partial charge in [0.25, 0.3) is 0 Å². The molecule has 32 heavy (non-hydrogen) atoms. The molecule has 8 rings (SSSR count). The molecule has 4 heteroatoms. The number of hydrogen-bond donors (Lipinski definition) is 0. The van der Waals surface area contributed by atoms with Crippen molar-refractivity contribution < 1.29 is 4.42 Å². The zero-order valence-electron chi connectivity index (χ0n) is 16.9. The quantitative estimate of drug-likeness (QED) is 0.288. The summed E-state index contributed by atoms with van der Waals surface area (Å²) in [6, 6.07) is 23.4. The van der Waals surface area contributed by atoms with Gasteiger partial charge < -0.3 is 8.82 Å². The van der Waals surface area contributed by atoms with Crippen molar-refractivity contribution in [3.05, 3.63) is 91.5 Å². The first-order chi connectivity index (χ1) is 15.9. The lowest BCUT2D eigenvalue weighted by Crippen LogP contribution is -1.81. The summed E-state index contributed by atoms with van der Waals surface area (Å²) in [5.74, 6) is 0. The number of pyridine rings is 2. The molecule has 0 bridgehead atoms. The molecule has 0 spiro atoms. The van der Waals surface area contributed by atoms with Crippen molar-refractivity contribution in [2.75, 3.05) is 0 Å². The Bertz CT molecular complexity index is 1910. The average Bonchev–Trinajstić information content (AvgIpc) is 3.50. The second-order valence-electron chi connectivity index (χ2n) is 8.32. The van der Waals surface area contributed by atoms with E-state index in [0.717, 1.165) is 44.1 Å². The minimum absolute atomic E-state index is 0.916. The van der Waals surface area contributed by atoms with Crippen molar-refractivity contribution in [1.82, 2.24) is 14.4 Å². The zero-order valence-corrected chi connectivity index (χ0v) is 16.9. The van der Waals surface area contributed by atoms with Crippen molar-refractivity contribution in [1.29, 1.82) is 0 Å². The highest BCUT2D eigenvalue weighted by atomic mass is 16.3. The van der Waals surface area contributed by atoms with Crippen LogP contribution in [0.5, 0.6) is 0 Å². The van der Waals surface area contributed by atoms with Gasteiger partial charge in [0, 0.05) is 50.3 Å². The molecule has 0 amide bonds. The van der Waals surface area contributed by atoms with E-state index in [0.29, 0.717) is 0 Å². The van der Waals surface area contributed by atoms with Gasteiger partial charge in [-0.1, -0.05) is 36.4 Å². The van der Waals surface area contributed by atoms with Crippen LogP contribution in [0.3, 0.4) is 0 Å². The first kappa shape index (κ1) is 16.3. The molecule has 0 atom stereocenters. The number of benzene rings is 3. The third-order valence-corrected chi connectivity index (χ3v) is 6.71. The van der Waals surface area contributed by atoms with Crippen molar-refractivity contribution in [3.8, 4) is 11.1 Å². The Kier molecular flexibility index (Phi) is 2.86. The number of nitrogens with zero attached hydrogens (tertiary/aromatic N) is 3. The van der Waals surface area contributed by atoms with Gasteiger partial charge >= 0.3 is 0 Å². The van der Waals surface area contributed by atoms with Crippen molar-refractivity contribution in [2.45, 2.75) is 0 Å². The van der Waals surface area contributed by atoms with Crippen LogP contribution in [0.25, 0.3) is 71.2 Å². The van der Waals surface area contributed by atoms with Crippen LogP contribution in [0.2, 0.25) is 0 Å². The van der Waals surface area contributed by atoms with E-state index in [1.54, 1.807) is 0 Å². The molecule has 0 aliphatic heterocycles. The average molecular weight is 409 g/mol. The summed E-state index contributed by atoms with van der Waals surface area (Å²) in [6.07, 6.45) is 7.62. The molecular formula is C28H15N3O. The van der Waals surface area contributed by atoms with E-state index in [1.165, 1.54) is 27.1 Å². The monoisotopic (exact) mass is 409 g/mol. The van der Waals surface area contributed by atoms with Gasteiger partial charge in [0.2, 0.25) is 0 Å². The van der Waals surface area contributed by atoms with Gasteiger partial charge in [-0.2, -0.15) is 0 Å². The van der Waals surface area contributed by atoms with E-state index in [4.69, 9.17) is 4.42 Å². The van der Waals surface area contributed by atoms with Crippen LogP contribution < -0.4 is 0 Å². The summed E-state index contributed by atoms with van der Waals surface area (Å²) in [4.78, 5) is 8.80. The lowest BCUT2D eigenvalue weighted by molar-refractivity contribution is 0.670. The predicted octanol–water partition coefficient (Wildman–Crippen LogP) is 7.19. The molecule has 0 N–H and O–H groups in total. The Labute approximate surface area is 181 Å². The summed E-state index contributed by atoms with van der Waals surface area (Å²) in [5.41, 5.74) is 7.53. The van der Waals surface area contributed by atoms with Crippen LogP contribution in [-0.2, 0) is 0 Å². The maximum absolute atomic E-state index is 6.35. The number of para-hydroxylation sites is 2. The molecule has 5 aromatic heterocycles. The first-order valence-corrected chi connectivity index (χ1v) is 10.7. The second kappa shape index (κ2) is 5.62. The Hall–Kier alpha value is -4.44. The van der Waals surface area contributed by atoms with Gasteiger partial charge in [0.05, 0.1) is 28.9 Å². The largest absolute Gasteiger partial charge is 0.455 e. The van der Waals surface area contributed by atoms with Crippen molar-refractivity contribution in [2.24, 2.45) is 0 Å². The molecule has 5 heterocycles. The zero-order chi connectivity index (χ0) is 20.8. The van der Waals surface area contributed by atoms with Gasteiger partial charge in [-0.25, -0.2) is 0 Å². The van der Waals surface area contributed by atoms with Crippen LogP contribution in [0.1, 0.15) is 0 Å². The number of aromatic nitrogens is 3. The highest BCUT2D eigenvalue weighted by Crippen LogP contribution is 2.43. The molecule has 8 aromatic rings. The predicted molar refractivity (Wildman–Crippen MR) is 129 cm³/mol. The Morgan fingerprint density at radius 2 is 1.31 bits per heavy atom. The van der Waals surface area contributed by atoms with Gasteiger partial charge in [0.15, 0.2) is 0 Å². The summed E-state index contributed by atoms with van der Waals surface area (Å²) in [6.45, 7) is 0. The minimum Gasteiger partial charge on any atom is -0.455 e. The lowest BCUT2D eigenvalue weighted by atomic mass is 9.98. The number of furan rings is 1. The normalized spacial score (nSPS) is 12.4. The Morgan fingerprint density at radius 1 is 0.625 bits per heavy atom. The van der Waals surface area contributed by atoms with E-state index in [1.807, 2.05) is 36.9 Å². The molecule has 0 saturated heterocycles. The molecule has 0 unspecified atom stereocenters. The van der Waals surface area contributed by atoms with E-state index in [9.17, 15) is 0 Å². The van der Waals surface area contributed by atoms with Crippen LogP contribution in [0.4, 0.5) is 0 Å². The lowest BCUT2D eigenvalue weighted by Gasteiger charge is -2.05. The van der Waals surface area contributed by atoms with Crippen molar-refractivity contribution >= 4 is 60.0 Å². The highest BCUT2D eigenvalue weighted by molar-refractivity contribution is 6.24. The molecule has 0 aliphatic rings. The molecule has 0 radical (unpaired) electrons. The molecule has 0 saturated carbocycles. The number of hydrogen-bond acceptors (Lipinski definition) is 3. The van der Waals surface area contributed by atoms with E-state index in [-0.39, 0.29) is 0 Å². The summed E-state index contributed by atoms with van der Waals surface area (Å²) in [7, 11) is 0. The molecule has 4 nitrogen and oxygen atoms in total. The van der Waals surface area contributed by atoms with Crippen LogP contribution in [0.15, 0.2) is 95.9 Å². The highest BCUT2D eigenvalue weighted by Gasteiger charge is 2.20. The fourth-order valence-electron chi connectivity index (χ4n) is 5.37. The fraction of sp³-hybridized carbons (Fsp3) is 0. The summed E-state index contributed by atoms with van der Waals surface area (Å²) >= 11 is 0. The van der Waals surface area contributed by atoms with Gasteiger partial charge in [-0.15, -0.1) is 0 Å². The van der Waals surface area contributed by atoms with Crippen molar-refractivity contribution in [3.63, 3.8) is 0 Å². The van der Waals surface area contributed by atoms with E-state index in [2.05, 4.69) is 69.0 Å². The van der Waals surface area contributed by atoms with E-state index < -0.39 is 0 Å². The molecule has 0 fully saturated rings. The Morgan fingerprint density at radius 3 is 2.06 bits per heavy atom. The van der Waals surface area contributed by atoms with Gasteiger partial charge in [0.1, 0.15) is 11.2 Å². The third kappa shape index (κ3) is 1.88. The maximum Gasteiger partial charge on any atom is 0.143 e. The fourth-order valence-corrected chi connectivity index (χ4v) is 5.37.